The third-order valence-electron chi connectivity index (χ3n) is 1.58. The van der Waals surface area contributed by atoms with Crippen LogP contribution in [-0.4, -0.2) is 5.78 Å². The molecule has 2 heteroatoms. The molecular weight excluding hydrogens is 150 g/mol. The van der Waals surface area contributed by atoms with Gasteiger partial charge in [-0.05, 0) is 18.8 Å². The number of hydrogen-bond donors (Lipinski definition) is 0. The van der Waals surface area contributed by atoms with Crippen LogP contribution >= 0.6 is 0 Å². The molecule has 0 aromatic rings. The first-order valence-electron chi connectivity index (χ1n) is 4.24. The van der Waals surface area contributed by atoms with Crippen molar-refractivity contribution in [2.75, 3.05) is 0 Å². The Kier molecular flexibility index (Phi) is 3.95. The Morgan fingerprint density at radius 1 is 1.50 bits per heavy atom. The molecule has 0 saturated carbocycles. The lowest BCUT2D eigenvalue weighted by molar-refractivity contribution is -0.117. The SMILES string of the molecule is CC(=O)CC(C#N)CC(C)(C)C. The van der Waals surface area contributed by atoms with Crippen LogP contribution in [0, 0.1) is 22.7 Å². The number of hydrogen-bond acceptors (Lipinski definition) is 2. The van der Waals surface area contributed by atoms with Crippen LogP contribution in [0.1, 0.15) is 40.5 Å². The van der Waals surface area contributed by atoms with Crippen LogP contribution in [-0.2, 0) is 4.79 Å². The average Bonchev–Trinajstić information content (AvgIpc) is 1.82. The van der Waals surface area contributed by atoms with Crippen molar-refractivity contribution in [3.8, 4) is 6.07 Å². The van der Waals surface area contributed by atoms with E-state index in [1.54, 1.807) is 0 Å². The van der Waals surface area contributed by atoms with E-state index in [-0.39, 0.29) is 17.1 Å². The van der Waals surface area contributed by atoms with Gasteiger partial charge in [-0.1, -0.05) is 20.8 Å². The molecule has 0 rings (SSSR count). The number of carbonyl (C=O) groups is 1. The number of nitriles is 1. The molecule has 12 heavy (non-hydrogen) atoms. The first-order valence-corrected chi connectivity index (χ1v) is 4.24. The largest absolute Gasteiger partial charge is 0.300 e. The maximum absolute atomic E-state index is 10.7. The van der Waals surface area contributed by atoms with Gasteiger partial charge in [0.25, 0.3) is 0 Å². The zero-order valence-corrected chi connectivity index (χ0v) is 8.35. The van der Waals surface area contributed by atoms with Crippen molar-refractivity contribution < 1.29 is 4.79 Å². The van der Waals surface area contributed by atoms with Crippen LogP contribution in [0.5, 0.6) is 0 Å². The minimum absolute atomic E-state index is 0.103. The van der Waals surface area contributed by atoms with Crippen LogP contribution in [0.25, 0.3) is 0 Å². The normalized spacial score (nSPS) is 13.6. The van der Waals surface area contributed by atoms with Crippen molar-refractivity contribution in [3.05, 3.63) is 0 Å². The molecule has 0 aliphatic carbocycles. The van der Waals surface area contributed by atoms with E-state index in [0.717, 1.165) is 6.42 Å². The Balaban J connectivity index is 4.03. The summed E-state index contributed by atoms with van der Waals surface area (Å²) in [6, 6.07) is 2.17. The second-order valence-corrected chi connectivity index (χ2v) is 4.50. The van der Waals surface area contributed by atoms with E-state index in [1.807, 2.05) is 0 Å². The maximum atomic E-state index is 10.7. The van der Waals surface area contributed by atoms with E-state index in [0.29, 0.717) is 6.42 Å². The van der Waals surface area contributed by atoms with E-state index in [9.17, 15) is 4.79 Å². The fourth-order valence-electron chi connectivity index (χ4n) is 1.25. The van der Waals surface area contributed by atoms with Gasteiger partial charge >= 0.3 is 0 Å². The average molecular weight is 167 g/mol. The highest BCUT2D eigenvalue weighted by molar-refractivity contribution is 5.76. The molecule has 0 aliphatic rings. The van der Waals surface area contributed by atoms with Gasteiger partial charge in [-0.25, -0.2) is 0 Å². The summed E-state index contributed by atoms with van der Waals surface area (Å²) >= 11 is 0. The molecular formula is C10H17NO. The molecule has 0 aliphatic heterocycles. The third-order valence-corrected chi connectivity index (χ3v) is 1.58. The van der Waals surface area contributed by atoms with Crippen molar-refractivity contribution in [1.29, 1.82) is 5.26 Å². The quantitative estimate of drug-likeness (QED) is 0.648. The summed E-state index contributed by atoms with van der Waals surface area (Å²) < 4.78 is 0. The molecule has 1 unspecified atom stereocenters. The summed E-state index contributed by atoms with van der Waals surface area (Å²) in [7, 11) is 0. The van der Waals surface area contributed by atoms with Crippen molar-refractivity contribution in [2.24, 2.45) is 11.3 Å². The number of rotatable bonds is 3. The number of nitrogens with zero attached hydrogens (tertiary/aromatic N) is 1. The Morgan fingerprint density at radius 3 is 2.25 bits per heavy atom. The molecule has 0 amide bonds. The van der Waals surface area contributed by atoms with E-state index in [1.165, 1.54) is 6.92 Å². The molecule has 0 spiro atoms. The molecule has 1 atom stereocenters. The van der Waals surface area contributed by atoms with Gasteiger partial charge in [0.15, 0.2) is 0 Å². The minimum atomic E-state index is -0.109. The predicted octanol–water partition coefficient (Wildman–Crippen LogP) is 2.54. The summed E-state index contributed by atoms with van der Waals surface area (Å²) in [5.41, 5.74) is 0.135. The molecule has 0 radical (unpaired) electrons. The molecule has 0 bridgehead atoms. The van der Waals surface area contributed by atoms with Crippen molar-refractivity contribution in [1.82, 2.24) is 0 Å². The lowest BCUT2D eigenvalue weighted by Gasteiger charge is -2.20. The van der Waals surface area contributed by atoms with Crippen molar-refractivity contribution >= 4 is 5.78 Å². The van der Waals surface area contributed by atoms with E-state index in [2.05, 4.69) is 26.8 Å². The van der Waals surface area contributed by atoms with Crippen molar-refractivity contribution in [3.63, 3.8) is 0 Å². The predicted molar refractivity (Wildman–Crippen MR) is 48.5 cm³/mol. The monoisotopic (exact) mass is 167 g/mol. The zero-order chi connectivity index (χ0) is 9.78. The van der Waals surface area contributed by atoms with Gasteiger partial charge in [0.1, 0.15) is 5.78 Å². The lowest BCUT2D eigenvalue weighted by atomic mass is 9.83. The van der Waals surface area contributed by atoms with Crippen LogP contribution in [0.2, 0.25) is 0 Å². The number of carbonyl (C=O) groups excluding carboxylic acids is 1. The molecule has 0 aromatic heterocycles. The molecule has 0 heterocycles. The molecule has 0 aromatic carbocycles. The highest BCUT2D eigenvalue weighted by Gasteiger charge is 2.19. The van der Waals surface area contributed by atoms with E-state index < -0.39 is 0 Å². The van der Waals surface area contributed by atoms with Gasteiger partial charge in [0.2, 0.25) is 0 Å². The Hall–Kier alpha value is -0.840. The topological polar surface area (TPSA) is 40.9 Å². The third kappa shape index (κ3) is 5.91. The molecule has 2 nitrogen and oxygen atoms in total. The van der Waals surface area contributed by atoms with Crippen LogP contribution < -0.4 is 0 Å². The van der Waals surface area contributed by atoms with E-state index in [4.69, 9.17) is 5.26 Å². The highest BCUT2D eigenvalue weighted by Crippen LogP contribution is 2.25. The van der Waals surface area contributed by atoms with Gasteiger partial charge in [-0.3, -0.25) is 4.79 Å². The summed E-state index contributed by atoms with van der Waals surface area (Å²) in [4.78, 5) is 10.7. The minimum Gasteiger partial charge on any atom is -0.300 e. The molecule has 0 saturated heterocycles. The molecule has 68 valence electrons. The summed E-state index contributed by atoms with van der Waals surface area (Å²) in [5.74, 6) is -0.00620. The first-order chi connectivity index (χ1) is 5.35. The summed E-state index contributed by atoms with van der Waals surface area (Å²) in [6.07, 6.45) is 1.19. The summed E-state index contributed by atoms with van der Waals surface area (Å²) in [5, 5.41) is 8.74. The Morgan fingerprint density at radius 2 is 2.00 bits per heavy atom. The van der Waals surface area contributed by atoms with Gasteiger partial charge < -0.3 is 0 Å². The number of Topliss-reactive ketones (excluding diaryl/α,β-unsaturated/α-hetero) is 1. The fraction of sp³-hybridized carbons (Fsp3) is 0.800. The maximum Gasteiger partial charge on any atom is 0.131 e. The number of ketones is 1. The van der Waals surface area contributed by atoms with Crippen LogP contribution in [0.4, 0.5) is 0 Å². The van der Waals surface area contributed by atoms with Gasteiger partial charge in [0, 0.05) is 6.42 Å². The first kappa shape index (κ1) is 11.2. The molecule has 0 N–H and O–H groups in total. The highest BCUT2D eigenvalue weighted by atomic mass is 16.1. The lowest BCUT2D eigenvalue weighted by Crippen LogP contribution is -2.14. The van der Waals surface area contributed by atoms with Gasteiger partial charge in [-0.2, -0.15) is 5.26 Å². The van der Waals surface area contributed by atoms with Crippen LogP contribution in [0.3, 0.4) is 0 Å². The smallest absolute Gasteiger partial charge is 0.131 e. The van der Waals surface area contributed by atoms with E-state index >= 15 is 0 Å². The van der Waals surface area contributed by atoms with Gasteiger partial charge in [0.05, 0.1) is 12.0 Å². The van der Waals surface area contributed by atoms with Crippen molar-refractivity contribution in [2.45, 2.75) is 40.5 Å². The fourth-order valence-corrected chi connectivity index (χ4v) is 1.25. The zero-order valence-electron chi connectivity index (χ0n) is 8.35. The molecule has 0 fully saturated rings. The van der Waals surface area contributed by atoms with Gasteiger partial charge in [-0.15, -0.1) is 0 Å². The Labute approximate surface area is 74.6 Å². The summed E-state index contributed by atoms with van der Waals surface area (Å²) in [6.45, 7) is 7.78. The second kappa shape index (κ2) is 4.25. The second-order valence-electron chi connectivity index (χ2n) is 4.50. The standard InChI is InChI=1S/C10H17NO/c1-8(12)5-9(7-11)6-10(2,3)4/h9H,5-6H2,1-4H3. The van der Waals surface area contributed by atoms with Crippen LogP contribution in [0.15, 0.2) is 0 Å². The Bertz CT molecular complexity index is 195.